The van der Waals surface area contributed by atoms with Gasteiger partial charge in [0.15, 0.2) is 0 Å². The highest BCUT2D eigenvalue weighted by Crippen LogP contribution is 2.46. The lowest BCUT2D eigenvalue weighted by molar-refractivity contribution is 0.0615. The van der Waals surface area contributed by atoms with Crippen LogP contribution in [0.15, 0.2) is 84.3 Å². The monoisotopic (exact) mass is 1250 g/mol. The van der Waals surface area contributed by atoms with Gasteiger partial charge in [-0.15, -0.1) is 0 Å². The van der Waals surface area contributed by atoms with Gasteiger partial charge in [0.05, 0.1) is 46.2 Å². The van der Waals surface area contributed by atoms with Crippen LogP contribution in [-0.2, 0) is 10.8 Å². The third-order valence-electron chi connectivity index (χ3n) is 9.12. The molecule has 4 rings (SSSR count). The molecule has 294 valence electrons. The number of benzene rings is 4. The molecular weight excluding hydrogens is 1220 g/mol. The summed E-state index contributed by atoms with van der Waals surface area (Å²) in [7, 11) is 0. The summed E-state index contributed by atoms with van der Waals surface area (Å²) in [5.41, 5.74) is 4.03. The Balaban J connectivity index is 1.44. The second-order valence-corrected chi connectivity index (χ2v) is 20.7. The zero-order valence-electron chi connectivity index (χ0n) is 29.9. The van der Waals surface area contributed by atoms with Crippen molar-refractivity contribution in [1.29, 1.82) is 0 Å². The largest absolute Gasteiger partial charge is 0.489 e. The first kappa shape index (κ1) is 46.6. The van der Waals surface area contributed by atoms with Crippen molar-refractivity contribution < 1.29 is 34.6 Å². The Morgan fingerprint density at radius 1 is 0.481 bits per heavy atom. The van der Waals surface area contributed by atoms with Crippen LogP contribution in [0.1, 0.15) is 68.4 Å². The van der Waals surface area contributed by atoms with Crippen LogP contribution in [0.2, 0.25) is 0 Å². The molecule has 0 aromatic heterocycles. The molecule has 0 saturated carbocycles. The van der Waals surface area contributed by atoms with Crippen LogP contribution in [0, 0.1) is 0 Å². The van der Waals surface area contributed by atoms with Crippen molar-refractivity contribution in [3.8, 4) is 17.2 Å². The number of hydrogen-bond donors (Lipinski definition) is 4. The molecule has 0 amide bonds. The third kappa shape index (κ3) is 11.0. The van der Waals surface area contributed by atoms with E-state index < -0.39 is 29.0 Å². The molecule has 0 fully saturated rings. The topological polar surface area (TPSA) is 109 Å². The summed E-state index contributed by atoms with van der Waals surface area (Å²) in [5, 5.41) is 40.1. The fraction of sp³-hybridized carbons (Fsp3) is 0.385. The van der Waals surface area contributed by atoms with Crippen LogP contribution < -0.4 is 14.2 Å². The van der Waals surface area contributed by atoms with E-state index in [4.69, 9.17) is 14.2 Å². The van der Waals surface area contributed by atoms with Gasteiger partial charge in [-0.25, -0.2) is 0 Å². The van der Waals surface area contributed by atoms with Crippen LogP contribution in [-0.4, -0.2) is 65.7 Å². The standard InChI is InChI=1S/C39H40Br8O7/c1-19(50)16-52-35-28(42)8-23(9-29(35)43)39(4,5)24-12-32(46)37(33(47)13-24)54-18-25(51)17-53-36-30(44)10-22(11-31(36)45)38(2,3)21-6-26(40)34(27(41)7-21)20(14-48)15-49/h6-13,19-20,25,48-51H,14-18H2,1-5H3. The van der Waals surface area contributed by atoms with E-state index in [9.17, 15) is 20.4 Å². The molecule has 4 aromatic rings. The average Bonchev–Trinajstić information content (AvgIpc) is 3.08. The Labute approximate surface area is 384 Å². The van der Waals surface area contributed by atoms with Gasteiger partial charge in [0.1, 0.15) is 43.2 Å². The number of rotatable bonds is 16. The average molecular weight is 1260 g/mol. The molecule has 0 aliphatic carbocycles. The van der Waals surface area contributed by atoms with Crippen LogP contribution in [0.3, 0.4) is 0 Å². The molecule has 4 aromatic carbocycles. The summed E-state index contributed by atoms with van der Waals surface area (Å²) >= 11 is 29.3. The van der Waals surface area contributed by atoms with E-state index in [0.29, 0.717) is 26.2 Å². The second kappa shape index (κ2) is 19.8. The van der Waals surface area contributed by atoms with Crippen LogP contribution in [0.4, 0.5) is 0 Å². The van der Waals surface area contributed by atoms with Crippen LogP contribution in [0.25, 0.3) is 0 Å². The SMILES string of the molecule is CC(O)COc1c(Br)cc(C(C)(C)c2cc(Br)c(OCC(O)COc3c(Br)cc(C(C)(C)c4cc(Br)c(C(CO)CO)c(Br)c4)cc3Br)c(Br)c2)cc1Br. The quantitative estimate of drug-likeness (QED) is 0.0885. The first-order valence-electron chi connectivity index (χ1n) is 16.7. The van der Waals surface area contributed by atoms with Crippen molar-refractivity contribution in [3.05, 3.63) is 112 Å². The van der Waals surface area contributed by atoms with Gasteiger partial charge in [0.2, 0.25) is 0 Å². The lowest BCUT2D eigenvalue weighted by Gasteiger charge is -2.29. The molecule has 0 saturated heterocycles. The van der Waals surface area contributed by atoms with Gasteiger partial charge < -0.3 is 34.6 Å². The normalized spacial score (nSPS) is 13.3. The van der Waals surface area contributed by atoms with E-state index >= 15 is 0 Å². The van der Waals surface area contributed by atoms with E-state index in [1.54, 1.807) is 6.92 Å². The molecule has 0 spiro atoms. The molecule has 0 aliphatic rings. The van der Waals surface area contributed by atoms with Gasteiger partial charge in [0, 0.05) is 25.7 Å². The summed E-state index contributed by atoms with van der Waals surface area (Å²) in [4.78, 5) is 0. The molecular formula is C39H40Br8O7. The number of halogens is 8. The summed E-state index contributed by atoms with van der Waals surface area (Å²) in [5.74, 6) is 1.33. The van der Waals surface area contributed by atoms with E-state index in [1.165, 1.54) is 0 Å². The van der Waals surface area contributed by atoms with Crippen LogP contribution in [0.5, 0.6) is 17.2 Å². The molecule has 0 heterocycles. The zero-order chi connectivity index (χ0) is 40.3. The zero-order valence-corrected chi connectivity index (χ0v) is 42.6. The van der Waals surface area contributed by atoms with Crippen molar-refractivity contribution in [1.82, 2.24) is 0 Å². The first-order chi connectivity index (χ1) is 25.2. The highest BCUT2D eigenvalue weighted by atomic mass is 79.9. The Bertz CT molecular complexity index is 1870. The minimum absolute atomic E-state index is 0.0126. The summed E-state index contributed by atoms with van der Waals surface area (Å²) < 4.78 is 24.0. The first-order valence-corrected chi connectivity index (χ1v) is 23.0. The number of aliphatic hydroxyl groups is 4. The minimum atomic E-state index is -0.936. The maximum atomic E-state index is 10.9. The number of hydrogen-bond acceptors (Lipinski definition) is 7. The summed E-state index contributed by atoms with van der Waals surface area (Å²) in [6.45, 7) is 9.97. The van der Waals surface area contributed by atoms with Gasteiger partial charge in [-0.05, 0) is 179 Å². The smallest absolute Gasteiger partial charge is 0.147 e. The van der Waals surface area contributed by atoms with Crippen molar-refractivity contribution in [2.75, 3.05) is 33.0 Å². The Morgan fingerprint density at radius 3 is 1.00 bits per heavy atom. The predicted octanol–water partition coefficient (Wildman–Crippen LogP) is 12.1. The molecule has 0 radical (unpaired) electrons. The van der Waals surface area contributed by atoms with Crippen molar-refractivity contribution in [2.45, 2.75) is 63.6 Å². The molecule has 0 aliphatic heterocycles. The fourth-order valence-electron chi connectivity index (χ4n) is 5.70. The molecule has 2 atom stereocenters. The number of ether oxygens (including phenoxy) is 3. The Hall–Kier alpha value is -0.0400. The van der Waals surface area contributed by atoms with Gasteiger partial charge in [-0.2, -0.15) is 0 Å². The number of aliphatic hydroxyl groups excluding tert-OH is 4. The minimum Gasteiger partial charge on any atom is -0.489 e. The predicted molar refractivity (Wildman–Crippen MR) is 243 cm³/mol. The second-order valence-electron chi connectivity index (χ2n) is 13.9. The van der Waals surface area contributed by atoms with Gasteiger partial charge in [0.25, 0.3) is 0 Å². The maximum Gasteiger partial charge on any atom is 0.147 e. The molecule has 54 heavy (non-hydrogen) atoms. The summed E-state index contributed by atoms with van der Waals surface area (Å²) in [6, 6.07) is 16.1. The summed E-state index contributed by atoms with van der Waals surface area (Å²) in [6.07, 6.45) is -1.53. The lowest BCUT2D eigenvalue weighted by Crippen LogP contribution is -2.26. The highest BCUT2D eigenvalue weighted by Gasteiger charge is 2.30. The van der Waals surface area contributed by atoms with E-state index in [-0.39, 0.29) is 33.0 Å². The van der Waals surface area contributed by atoms with Gasteiger partial charge in [-0.3, -0.25) is 0 Å². The van der Waals surface area contributed by atoms with E-state index in [0.717, 1.165) is 54.7 Å². The lowest BCUT2D eigenvalue weighted by atomic mass is 9.77. The fourth-order valence-corrected chi connectivity index (χ4v) is 11.8. The van der Waals surface area contributed by atoms with E-state index in [1.807, 2.05) is 48.5 Å². The Morgan fingerprint density at radius 2 is 0.741 bits per heavy atom. The maximum absolute atomic E-state index is 10.9. The van der Waals surface area contributed by atoms with Gasteiger partial charge >= 0.3 is 0 Å². The molecule has 2 unspecified atom stereocenters. The third-order valence-corrected chi connectivity index (χ3v) is 14.0. The van der Waals surface area contributed by atoms with Crippen molar-refractivity contribution >= 4 is 127 Å². The van der Waals surface area contributed by atoms with Crippen molar-refractivity contribution in [2.24, 2.45) is 0 Å². The van der Waals surface area contributed by atoms with Gasteiger partial charge in [-0.1, -0.05) is 59.6 Å². The highest BCUT2D eigenvalue weighted by molar-refractivity contribution is 9.12. The van der Waals surface area contributed by atoms with Crippen molar-refractivity contribution in [3.63, 3.8) is 0 Å². The Kier molecular flexibility index (Phi) is 17.1. The van der Waals surface area contributed by atoms with Crippen LogP contribution >= 0.6 is 127 Å². The molecule has 0 bridgehead atoms. The molecule has 15 heteroatoms. The molecule has 4 N–H and O–H groups in total. The molecule has 7 nitrogen and oxygen atoms in total. The van der Waals surface area contributed by atoms with E-state index in [2.05, 4.69) is 155 Å².